The summed E-state index contributed by atoms with van der Waals surface area (Å²) in [5.41, 5.74) is -0.323. The fraction of sp³-hybridized carbons (Fsp3) is 0.400. The maximum absolute atomic E-state index is 12.2. The first-order valence-corrected chi connectivity index (χ1v) is 7.11. The molecule has 0 saturated carbocycles. The Morgan fingerprint density at radius 3 is 2.33 bits per heavy atom. The molecule has 1 aromatic carbocycles. The first kappa shape index (κ1) is 16.8. The van der Waals surface area contributed by atoms with E-state index < -0.39 is 43.2 Å². The van der Waals surface area contributed by atoms with Crippen molar-refractivity contribution in [3.8, 4) is 0 Å². The van der Waals surface area contributed by atoms with Crippen molar-refractivity contribution in [2.24, 2.45) is 0 Å². The zero-order valence-electron chi connectivity index (χ0n) is 11.2. The number of aryl methyl sites for hydroxylation is 1. The van der Waals surface area contributed by atoms with Gasteiger partial charge in [0.15, 0.2) is 9.93 Å². The lowest BCUT2D eigenvalue weighted by Crippen LogP contribution is -2.41. The second-order valence-electron chi connectivity index (χ2n) is 4.32. The number of rotatable bonds is 6. The van der Waals surface area contributed by atoms with Crippen molar-refractivity contribution in [1.82, 2.24) is 4.41 Å². The second-order valence-corrected chi connectivity index (χ2v) is 6.14. The Kier molecular flexibility index (Phi) is 4.80. The van der Waals surface area contributed by atoms with E-state index in [0.29, 0.717) is 5.56 Å². The first-order valence-electron chi connectivity index (χ1n) is 5.67. The number of nitrogens with zero attached hydrogens (tertiary/aromatic N) is 3. The van der Waals surface area contributed by atoms with Crippen LogP contribution in [0.15, 0.2) is 23.1 Å². The molecule has 1 aromatic rings. The number of sulfonamides is 1. The number of nitro benzene ring substituents is 1. The Morgan fingerprint density at radius 2 is 1.90 bits per heavy atom. The number of hydrazine groups is 1. The van der Waals surface area contributed by atoms with Gasteiger partial charge < -0.3 is 5.11 Å². The van der Waals surface area contributed by atoms with Gasteiger partial charge in [0, 0.05) is 6.07 Å². The number of benzene rings is 1. The van der Waals surface area contributed by atoms with Gasteiger partial charge in [0.2, 0.25) is 0 Å². The molecule has 0 aliphatic rings. The van der Waals surface area contributed by atoms with Crippen LogP contribution in [0.5, 0.6) is 0 Å². The minimum atomic E-state index is -4.76. The highest BCUT2D eigenvalue weighted by atomic mass is 32.2. The van der Waals surface area contributed by atoms with Crippen LogP contribution in [0, 0.1) is 27.2 Å². The van der Waals surface area contributed by atoms with Gasteiger partial charge in [0.05, 0.1) is 11.0 Å². The van der Waals surface area contributed by atoms with Crippen molar-refractivity contribution >= 4 is 15.7 Å². The molecule has 0 fully saturated rings. The van der Waals surface area contributed by atoms with Gasteiger partial charge in [-0.15, -0.1) is 0 Å². The van der Waals surface area contributed by atoms with Crippen molar-refractivity contribution in [3.05, 3.63) is 44.0 Å². The van der Waals surface area contributed by atoms with E-state index in [2.05, 4.69) is 0 Å². The minimum absolute atomic E-state index is 0.213. The van der Waals surface area contributed by atoms with E-state index in [1.165, 1.54) is 13.0 Å². The normalized spacial score (nSPS) is 12.7. The van der Waals surface area contributed by atoms with Crippen molar-refractivity contribution in [3.63, 3.8) is 0 Å². The lowest BCUT2D eigenvalue weighted by molar-refractivity contribution is -0.621. The molecule has 0 aliphatic carbocycles. The van der Waals surface area contributed by atoms with Crippen LogP contribution in [0.25, 0.3) is 0 Å². The summed E-state index contributed by atoms with van der Waals surface area (Å²) in [5.74, 6) is 0. The lowest BCUT2D eigenvalue weighted by Gasteiger charge is -2.15. The van der Waals surface area contributed by atoms with Crippen LogP contribution in [-0.2, 0) is 10.0 Å². The van der Waals surface area contributed by atoms with Gasteiger partial charge in [0.25, 0.3) is 5.69 Å². The van der Waals surface area contributed by atoms with Crippen LogP contribution in [0.2, 0.25) is 0 Å². The van der Waals surface area contributed by atoms with E-state index in [1.54, 1.807) is 0 Å². The molecule has 1 N–H and O–H groups in total. The topological polar surface area (TPSA) is 144 Å². The third-order valence-electron chi connectivity index (χ3n) is 2.47. The lowest BCUT2D eigenvalue weighted by atomic mass is 10.2. The molecule has 0 heterocycles. The highest BCUT2D eigenvalue weighted by Gasteiger charge is 2.38. The maximum atomic E-state index is 12.2. The average molecular weight is 319 g/mol. The molecule has 0 amide bonds. The summed E-state index contributed by atoms with van der Waals surface area (Å²) in [6.45, 7) is 1.86. The molecule has 0 aromatic heterocycles. The largest absolute Gasteiger partial charge is 0.391 e. The van der Waals surface area contributed by atoms with Crippen LogP contribution < -0.4 is 0 Å². The predicted octanol–water partition coefficient (Wildman–Crippen LogP) is 0.466. The number of aliphatic hydroxyl groups is 1. The Hall–Kier alpha value is -2.27. The third kappa shape index (κ3) is 3.64. The van der Waals surface area contributed by atoms with E-state index in [4.69, 9.17) is 5.11 Å². The molecule has 0 spiro atoms. The highest BCUT2D eigenvalue weighted by Crippen LogP contribution is 2.27. The van der Waals surface area contributed by atoms with E-state index in [1.807, 2.05) is 0 Å². The molecule has 0 aliphatic heterocycles. The molecular formula is C10H13N3O7S. The highest BCUT2D eigenvalue weighted by molar-refractivity contribution is 7.89. The molecule has 1 rings (SSSR count). The summed E-state index contributed by atoms with van der Waals surface area (Å²) >= 11 is 0. The van der Waals surface area contributed by atoms with Gasteiger partial charge in [0.1, 0.15) is 6.54 Å². The SMILES string of the molecule is Cc1ccc(S(=O)(=O)N(CC(C)O)[N+](=O)[O-])c([N+](=O)[O-])c1. The number of aliphatic hydroxyl groups excluding tert-OH is 1. The Bertz CT molecular complexity index is 671. The summed E-state index contributed by atoms with van der Waals surface area (Å²) < 4.78 is 24.2. The van der Waals surface area contributed by atoms with Crippen LogP contribution in [0.4, 0.5) is 5.69 Å². The van der Waals surface area contributed by atoms with E-state index in [0.717, 1.165) is 19.1 Å². The van der Waals surface area contributed by atoms with Gasteiger partial charge in [-0.3, -0.25) is 10.1 Å². The molecular weight excluding hydrogens is 306 g/mol. The van der Waals surface area contributed by atoms with Crippen molar-refractivity contribution in [2.45, 2.75) is 24.8 Å². The molecule has 116 valence electrons. The first-order chi connectivity index (χ1) is 9.57. The van der Waals surface area contributed by atoms with Crippen LogP contribution >= 0.6 is 0 Å². The second kappa shape index (κ2) is 6.01. The van der Waals surface area contributed by atoms with Crippen LogP contribution in [-0.4, -0.2) is 40.5 Å². The Morgan fingerprint density at radius 1 is 1.33 bits per heavy atom. The van der Waals surface area contributed by atoms with Gasteiger partial charge >= 0.3 is 10.0 Å². The summed E-state index contributed by atoms with van der Waals surface area (Å²) in [5, 5.41) is 29.7. The molecule has 0 radical (unpaired) electrons. The quantitative estimate of drug-likeness (QED) is 0.592. The molecule has 11 heteroatoms. The van der Waals surface area contributed by atoms with Crippen LogP contribution in [0.3, 0.4) is 0 Å². The average Bonchev–Trinajstić information content (AvgIpc) is 2.34. The summed E-state index contributed by atoms with van der Waals surface area (Å²) in [4.78, 5) is 20.1. The summed E-state index contributed by atoms with van der Waals surface area (Å²) in [7, 11) is -4.76. The maximum Gasteiger partial charge on any atom is 0.320 e. The summed E-state index contributed by atoms with van der Waals surface area (Å²) in [6.07, 6.45) is -1.31. The molecule has 21 heavy (non-hydrogen) atoms. The fourth-order valence-corrected chi connectivity index (χ4v) is 3.03. The summed E-state index contributed by atoms with van der Waals surface area (Å²) in [6, 6.07) is 3.23. The molecule has 0 saturated heterocycles. The smallest absolute Gasteiger partial charge is 0.320 e. The monoisotopic (exact) mass is 319 g/mol. The third-order valence-corrected chi connectivity index (χ3v) is 4.21. The number of hydrogen-bond donors (Lipinski definition) is 1. The molecule has 0 bridgehead atoms. The Balaban J connectivity index is 3.48. The zero-order valence-corrected chi connectivity index (χ0v) is 12.0. The van der Waals surface area contributed by atoms with Gasteiger partial charge in [-0.05, 0) is 29.9 Å². The minimum Gasteiger partial charge on any atom is -0.391 e. The fourth-order valence-electron chi connectivity index (χ4n) is 1.58. The van der Waals surface area contributed by atoms with Crippen molar-refractivity contribution < 1.29 is 23.5 Å². The number of nitro groups is 2. The molecule has 1 unspecified atom stereocenters. The molecule has 10 nitrogen and oxygen atoms in total. The van der Waals surface area contributed by atoms with E-state index in [9.17, 15) is 28.6 Å². The van der Waals surface area contributed by atoms with E-state index in [-0.39, 0.29) is 4.41 Å². The van der Waals surface area contributed by atoms with E-state index >= 15 is 0 Å². The number of hydrogen-bond acceptors (Lipinski definition) is 7. The van der Waals surface area contributed by atoms with Crippen molar-refractivity contribution in [2.75, 3.05) is 6.54 Å². The van der Waals surface area contributed by atoms with Crippen LogP contribution in [0.1, 0.15) is 12.5 Å². The van der Waals surface area contributed by atoms with Crippen molar-refractivity contribution in [1.29, 1.82) is 0 Å². The predicted molar refractivity (Wildman–Crippen MR) is 70.4 cm³/mol. The molecule has 1 atom stereocenters. The zero-order chi connectivity index (χ0) is 16.4. The Labute approximate surface area is 119 Å². The standard InChI is InChI=1S/C10H13N3O7S/c1-7-3-4-10(9(5-7)12(15)16)21(19,20)11(13(17)18)6-8(2)14/h3-5,8,14H,6H2,1-2H3. The van der Waals surface area contributed by atoms with Gasteiger partial charge in [-0.2, -0.15) is 8.42 Å². The van der Waals surface area contributed by atoms with Gasteiger partial charge in [-0.1, -0.05) is 6.07 Å². The van der Waals surface area contributed by atoms with Gasteiger partial charge in [-0.25, -0.2) is 10.1 Å².